The highest BCUT2D eigenvalue weighted by Gasteiger charge is 2.27. The van der Waals surface area contributed by atoms with Gasteiger partial charge in [-0.1, -0.05) is 74.5 Å². The molecule has 10 nitrogen and oxygen atoms in total. The monoisotopic (exact) mass is 768 g/mol. The number of hydrogen-bond acceptors (Lipinski definition) is 6. The number of isocyanates is 1. The van der Waals surface area contributed by atoms with Crippen molar-refractivity contribution in [2.45, 2.75) is 66.2 Å². The van der Waals surface area contributed by atoms with Crippen molar-refractivity contribution in [2.24, 2.45) is 4.99 Å². The van der Waals surface area contributed by atoms with E-state index >= 15 is 0 Å². The number of aryl methyl sites for hydroxylation is 2. The second-order valence-electron chi connectivity index (χ2n) is 13.1. The number of rotatable bonds is 4. The summed E-state index contributed by atoms with van der Waals surface area (Å²) in [5.74, 6) is 2.89. The highest BCUT2D eigenvalue weighted by Crippen LogP contribution is 2.28. The Labute approximate surface area is 327 Å². The highest BCUT2D eigenvalue weighted by atomic mass is 35.5. The summed E-state index contributed by atoms with van der Waals surface area (Å²) >= 11 is 11.9. The van der Waals surface area contributed by atoms with Crippen molar-refractivity contribution in [3.63, 3.8) is 0 Å². The van der Waals surface area contributed by atoms with Crippen molar-refractivity contribution in [3.8, 4) is 0 Å². The van der Waals surface area contributed by atoms with E-state index < -0.39 is 0 Å². The van der Waals surface area contributed by atoms with Crippen molar-refractivity contribution in [1.29, 1.82) is 0 Å². The Bertz CT molecular complexity index is 2120. The van der Waals surface area contributed by atoms with Gasteiger partial charge in [0.1, 0.15) is 11.6 Å². The highest BCUT2D eigenvalue weighted by molar-refractivity contribution is 6.32. The standard InChI is InChI=1S/C20H21ClN4O.C12H15N3.C8H6ClNO.2CH4/c1-13-8-9-15(11-16(13)21)22-20(26)25-10-4-5-14(12-25)19-23-17-6-2-3-7-18(17)24-19;1-2-6-11-10(5-1)14-12(15-11)9-4-3-7-13-8-9;1-6-2-3-7(10-5-11)4-8(6)9;;/h2-3,6-9,11,14H,4-5,10,12H2,1H3,(H,22,26)(H,23,24);1-2,5-6,9,13H,3-4,7-8H2,(H,14,15);2-4H,1H3;2*1H4. The third kappa shape index (κ3) is 10.8. The van der Waals surface area contributed by atoms with Gasteiger partial charge >= 0.3 is 6.03 Å². The fraction of sp³-hybridized carbons (Fsp3) is 0.333. The summed E-state index contributed by atoms with van der Waals surface area (Å²) in [4.78, 5) is 43.9. The maximum atomic E-state index is 12.7. The molecule has 4 aromatic carbocycles. The van der Waals surface area contributed by atoms with Gasteiger partial charge in [0.25, 0.3) is 0 Å². The van der Waals surface area contributed by atoms with Gasteiger partial charge in [-0.3, -0.25) is 0 Å². The number of benzene rings is 4. The molecule has 0 saturated carbocycles. The lowest BCUT2D eigenvalue weighted by Gasteiger charge is -2.31. The molecule has 284 valence electrons. The second kappa shape index (κ2) is 19.9. The van der Waals surface area contributed by atoms with Gasteiger partial charge in [-0.05, 0) is 106 Å². The zero-order valence-corrected chi connectivity index (χ0v) is 30.8. The fourth-order valence-corrected chi connectivity index (χ4v) is 6.73. The van der Waals surface area contributed by atoms with Crippen LogP contribution in [0.15, 0.2) is 89.9 Å². The van der Waals surface area contributed by atoms with Crippen LogP contribution >= 0.6 is 23.2 Å². The van der Waals surface area contributed by atoms with Crippen LogP contribution < -0.4 is 10.6 Å². The number of amides is 2. The van der Waals surface area contributed by atoms with Gasteiger partial charge in [0.05, 0.1) is 27.8 Å². The molecule has 2 unspecified atom stereocenters. The van der Waals surface area contributed by atoms with E-state index in [0.717, 1.165) is 83.0 Å². The molecule has 0 spiro atoms. The molecule has 2 aliphatic heterocycles. The van der Waals surface area contributed by atoms with Crippen LogP contribution in [0.5, 0.6) is 0 Å². The topological polar surface area (TPSA) is 131 Å². The van der Waals surface area contributed by atoms with Crippen LogP contribution in [0.2, 0.25) is 10.0 Å². The third-order valence-electron chi connectivity index (χ3n) is 9.35. The largest absolute Gasteiger partial charge is 0.342 e. The maximum absolute atomic E-state index is 12.7. The average molecular weight is 770 g/mol. The smallest absolute Gasteiger partial charge is 0.321 e. The summed E-state index contributed by atoms with van der Waals surface area (Å²) in [7, 11) is 0. The lowest BCUT2D eigenvalue weighted by molar-refractivity contribution is 0.191. The van der Waals surface area contributed by atoms with Gasteiger partial charge < -0.3 is 25.5 Å². The molecule has 8 rings (SSSR count). The molecule has 2 saturated heterocycles. The molecule has 54 heavy (non-hydrogen) atoms. The number of likely N-dealkylation sites (tertiary alicyclic amines) is 1. The number of fused-ring (bicyclic) bond motifs is 2. The van der Waals surface area contributed by atoms with Gasteiger partial charge in [0.2, 0.25) is 6.08 Å². The minimum atomic E-state index is -0.0919. The number of anilines is 1. The summed E-state index contributed by atoms with van der Waals surface area (Å²) in [5.41, 5.74) is 7.46. The summed E-state index contributed by atoms with van der Waals surface area (Å²) in [6, 6.07) is 26.9. The summed E-state index contributed by atoms with van der Waals surface area (Å²) in [5, 5.41) is 7.63. The number of piperidine rings is 2. The lowest BCUT2D eigenvalue weighted by Crippen LogP contribution is -2.41. The number of para-hydroxylation sites is 4. The van der Waals surface area contributed by atoms with Crippen LogP contribution in [0.25, 0.3) is 22.1 Å². The zero-order valence-electron chi connectivity index (χ0n) is 29.3. The van der Waals surface area contributed by atoms with E-state index in [4.69, 9.17) is 28.2 Å². The van der Waals surface area contributed by atoms with E-state index in [1.54, 1.807) is 24.3 Å². The van der Waals surface area contributed by atoms with E-state index in [9.17, 15) is 9.59 Å². The molecule has 2 fully saturated rings. The van der Waals surface area contributed by atoms with Crippen molar-refractivity contribution in [1.82, 2.24) is 30.2 Å². The number of H-pyrrole nitrogens is 2. The normalized spacial score (nSPS) is 16.3. The fourth-order valence-electron chi connectivity index (χ4n) is 6.38. The van der Waals surface area contributed by atoms with Gasteiger partial charge in [-0.2, -0.15) is 4.99 Å². The summed E-state index contributed by atoms with van der Waals surface area (Å²) in [6.45, 7) is 7.44. The molecule has 0 bridgehead atoms. The van der Waals surface area contributed by atoms with Gasteiger partial charge in [-0.15, -0.1) is 0 Å². The van der Waals surface area contributed by atoms with Crippen LogP contribution in [0.3, 0.4) is 0 Å². The number of aromatic amines is 2. The summed E-state index contributed by atoms with van der Waals surface area (Å²) in [6.07, 6.45) is 5.93. The first kappa shape index (κ1) is 41.8. The molecule has 0 radical (unpaired) electrons. The molecule has 2 amide bonds. The number of nitrogens with zero attached hydrogens (tertiary/aromatic N) is 4. The first-order valence-electron chi connectivity index (χ1n) is 17.5. The number of carbonyl (C=O) groups is 1. The van der Waals surface area contributed by atoms with Gasteiger partial charge in [0.15, 0.2) is 0 Å². The first-order valence-corrected chi connectivity index (χ1v) is 18.3. The van der Waals surface area contributed by atoms with Crippen molar-refractivity contribution >= 4 is 68.8 Å². The number of carbonyl (C=O) groups excluding carboxylic acids is 2. The van der Waals surface area contributed by atoms with Crippen LogP contribution in [-0.2, 0) is 4.79 Å². The predicted octanol–water partition coefficient (Wildman–Crippen LogP) is 10.9. The molecule has 6 aromatic rings. The molecule has 4 N–H and O–H groups in total. The number of aromatic nitrogens is 4. The van der Waals surface area contributed by atoms with Crippen molar-refractivity contribution in [3.05, 3.63) is 118 Å². The first-order chi connectivity index (χ1) is 25.3. The zero-order chi connectivity index (χ0) is 36.5. The Balaban J connectivity index is 0.000000197. The van der Waals surface area contributed by atoms with Crippen LogP contribution in [0.4, 0.5) is 16.2 Å². The van der Waals surface area contributed by atoms with Crippen LogP contribution in [0, 0.1) is 13.8 Å². The number of imidazole rings is 2. The number of urea groups is 1. The van der Waals surface area contributed by atoms with E-state index in [-0.39, 0.29) is 26.8 Å². The lowest BCUT2D eigenvalue weighted by atomic mass is 9.97. The van der Waals surface area contributed by atoms with E-state index in [1.807, 2.05) is 67.3 Å². The Kier molecular flexibility index (Phi) is 15.4. The van der Waals surface area contributed by atoms with Gasteiger partial charge in [0, 0.05) is 47.2 Å². The third-order valence-corrected chi connectivity index (χ3v) is 10.2. The van der Waals surface area contributed by atoms with Gasteiger partial charge in [-0.25, -0.2) is 19.6 Å². The van der Waals surface area contributed by atoms with Crippen LogP contribution in [-0.4, -0.2) is 63.1 Å². The van der Waals surface area contributed by atoms with E-state index in [2.05, 4.69) is 42.7 Å². The number of aliphatic imine (C=N–C) groups is 1. The molecule has 0 aliphatic carbocycles. The predicted molar refractivity (Wildman–Crippen MR) is 223 cm³/mol. The van der Waals surface area contributed by atoms with Crippen molar-refractivity contribution in [2.75, 3.05) is 31.5 Å². The molecular formula is C42H50Cl2N8O2. The Hall–Kier alpha value is -4.99. The Morgan fingerprint density at radius 3 is 1.98 bits per heavy atom. The minimum absolute atomic E-state index is 0. The minimum Gasteiger partial charge on any atom is -0.342 e. The summed E-state index contributed by atoms with van der Waals surface area (Å²) < 4.78 is 0. The molecule has 4 heterocycles. The number of halogens is 2. The SMILES string of the molecule is C.C.Cc1ccc(N=C=O)cc1Cl.Cc1ccc(NC(=O)N2CCCC(c3nc4ccccc4[nH]3)C2)cc1Cl.c1ccc2[nH]c(C3CCCNC3)nc2c1. The molecular weight excluding hydrogens is 719 g/mol. The van der Waals surface area contributed by atoms with Crippen LogP contribution in [0.1, 0.15) is 75.1 Å². The number of nitrogens with one attached hydrogen (secondary N) is 4. The van der Waals surface area contributed by atoms with E-state index in [0.29, 0.717) is 28.2 Å². The molecule has 2 aromatic heterocycles. The second-order valence-corrected chi connectivity index (χ2v) is 14.0. The number of hydrogen-bond donors (Lipinski definition) is 4. The van der Waals surface area contributed by atoms with E-state index in [1.165, 1.54) is 18.9 Å². The Morgan fingerprint density at radius 2 is 1.41 bits per heavy atom. The quantitative estimate of drug-likeness (QED) is 0.105. The average Bonchev–Trinajstić information content (AvgIpc) is 3.81. The Morgan fingerprint density at radius 1 is 0.815 bits per heavy atom. The van der Waals surface area contributed by atoms with Crippen molar-refractivity contribution < 1.29 is 9.59 Å². The maximum Gasteiger partial charge on any atom is 0.321 e. The molecule has 2 atom stereocenters. The molecule has 12 heteroatoms. The molecule has 2 aliphatic rings.